The van der Waals surface area contributed by atoms with E-state index in [1.807, 2.05) is 36.4 Å². The first-order valence-electron chi connectivity index (χ1n) is 7.05. The van der Waals surface area contributed by atoms with Crippen molar-refractivity contribution in [2.75, 3.05) is 14.2 Å². The SMILES string of the molecule is CCCn1cncc1CSc1ccc(C(OC)OC)cc1. The van der Waals surface area contributed by atoms with E-state index in [-0.39, 0.29) is 6.29 Å². The van der Waals surface area contributed by atoms with E-state index in [4.69, 9.17) is 9.47 Å². The summed E-state index contributed by atoms with van der Waals surface area (Å²) >= 11 is 1.81. The fraction of sp³-hybridized carbons (Fsp3) is 0.438. The summed E-state index contributed by atoms with van der Waals surface area (Å²) in [4.78, 5) is 5.46. The molecule has 0 saturated carbocycles. The lowest BCUT2D eigenvalue weighted by Gasteiger charge is -2.13. The number of benzene rings is 1. The minimum atomic E-state index is -0.296. The Kier molecular flexibility index (Phi) is 6.29. The van der Waals surface area contributed by atoms with Gasteiger partial charge in [-0.1, -0.05) is 19.1 Å². The molecular formula is C16H22N2O2S. The van der Waals surface area contributed by atoms with E-state index in [1.165, 1.54) is 10.6 Å². The molecule has 1 aromatic carbocycles. The van der Waals surface area contributed by atoms with E-state index in [9.17, 15) is 0 Å². The average Bonchev–Trinajstić information content (AvgIpc) is 2.95. The van der Waals surface area contributed by atoms with Gasteiger partial charge in [-0.3, -0.25) is 0 Å². The smallest absolute Gasteiger partial charge is 0.183 e. The second-order valence-electron chi connectivity index (χ2n) is 4.74. The van der Waals surface area contributed by atoms with Crippen molar-refractivity contribution in [3.8, 4) is 0 Å². The molecule has 4 nitrogen and oxygen atoms in total. The third-order valence-electron chi connectivity index (χ3n) is 3.23. The van der Waals surface area contributed by atoms with Crippen molar-refractivity contribution >= 4 is 11.8 Å². The van der Waals surface area contributed by atoms with E-state index in [1.54, 1.807) is 14.2 Å². The van der Waals surface area contributed by atoms with Crippen LogP contribution in [-0.4, -0.2) is 23.8 Å². The van der Waals surface area contributed by atoms with E-state index in [0.717, 1.165) is 24.3 Å². The summed E-state index contributed by atoms with van der Waals surface area (Å²) in [5, 5.41) is 0. The van der Waals surface area contributed by atoms with Crippen LogP contribution in [0.4, 0.5) is 0 Å². The Labute approximate surface area is 130 Å². The number of thioether (sulfide) groups is 1. The van der Waals surface area contributed by atoms with Gasteiger partial charge in [-0.25, -0.2) is 4.98 Å². The molecule has 2 rings (SSSR count). The van der Waals surface area contributed by atoms with Gasteiger partial charge in [-0.2, -0.15) is 0 Å². The fourth-order valence-electron chi connectivity index (χ4n) is 2.16. The third kappa shape index (κ3) is 4.33. The number of aryl methyl sites for hydroxylation is 1. The van der Waals surface area contributed by atoms with Gasteiger partial charge in [0.1, 0.15) is 0 Å². The van der Waals surface area contributed by atoms with Crippen LogP contribution in [-0.2, 0) is 21.8 Å². The fourth-order valence-corrected chi connectivity index (χ4v) is 3.04. The number of rotatable bonds is 8. The van der Waals surface area contributed by atoms with Gasteiger partial charge in [0.2, 0.25) is 0 Å². The van der Waals surface area contributed by atoms with Crippen molar-refractivity contribution in [3.63, 3.8) is 0 Å². The van der Waals surface area contributed by atoms with E-state index in [2.05, 4.69) is 28.6 Å². The summed E-state index contributed by atoms with van der Waals surface area (Å²) in [5.41, 5.74) is 2.29. The maximum Gasteiger partial charge on any atom is 0.183 e. The molecule has 0 bridgehead atoms. The Hall–Kier alpha value is -1.30. The number of imidazole rings is 1. The molecule has 0 radical (unpaired) electrons. The highest BCUT2D eigenvalue weighted by Crippen LogP contribution is 2.25. The molecule has 2 aromatic rings. The Morgan fingerprint density at radius 1 is 1.19 bits per heavy atom. The second kappa shape index (κ2) is 8.22. The lowest BCUT2D eigenvalue weighted by Crippen LogP contribution is -2.03. The Morgan fingerprint density at radius 3 is 2.52 bits per heavy atom. The standard InChI is InChI=1S/C16H22N2O2S/c1-4-9-18-12-17-10-14(18)11-21-15-7-5-13(6-8-15)16(19-2)20-3/h5-8,10,12,16H,4,9,11H2,1-3H3. The van der Waals surface area contributed by atoms with E-state index < -0.39 is 0 Å². The molecule has 0 aliphatic heterocycles. The normalized spacial score (nSPS) is 11.2. The van der Waals surface area contributed by atoms with Crippen molar-refractivity contribution in [1.29, 1.82) is 0 Å². The maximum absolute atomic E-state index is 5.25. The van der Waals surface area contributed by atoms with Crippen LogP contribution in [0, 0.1) is 0 Å². The number of methoxy groups -OCH3 is 2. The van der Waals surface area contributed by atoms with Crippen LogP contribution in [0.25, 0.3) is 0 Å². The van der Waals surface area contributed by atoms with Crippen molar-refractivity contribution < 1.29 is 9.47 Å². The van der Waals surface area contributed by atoms with Crippen LogP contribution >= 0.6 is 11.8 Å². The van der Waals surface area contributed by atoms with Gasteiger partial charge in [0, 0.05) is 48.9 Å². The predicted molar refractivity (Wildman–Crippen MR) is 85.3 cm³/mol. The van der Waals surface area contributed by atoms with Crippen molar-refractivity contribution in [3.05, 3.63) is 48.0 Å². The second-order valence-corrected chi connectivity index (χ2v) is 5.79. The van der Waals surface area contributed by atoms with Crippen LogP contribution in [0.3, 0.4) is 0 Å². The molecule has 0 unspecified atom stereocenters. The topological polar surface area (TPSA) is 36.3 Å². The number of hydrogen-bond acceptors (Lipinski definition) is 4. The Bertz CT molecular complexity index is 535. The van der Waals surface area contributed by atoms with Gasteiger partial charge in [-0.15, -0.1) is 11.8 Å². The summed E-state index contributed by atoms with van der Waals surface area (Å²) in [6.45, 7) is 3.20. The predicted octanol–water partition coefficient (Wildman–Crippen LogP) is 3.88. The molecule has 0 N–H and O–H groups in total. The van der Waals surface area contributed by atoms with Crippen LogP contribution in [0.15, 0.2) is 41.7 Å². The summed E-state index contributed by atoms with van der Waals surface area (Å²) in [5.74, 6) is 0.928. The lowest BCUT2D eigenvalue weighted by molar-refractivity contribution is -0.106. The molecule has 0 aliphatic carbocycles. The van der Waals surface area contributed by atoms with Crippen LogP contribution in [0.2, 0.25) is 0 Å². The molecule has 0 saturated heterocycles. The number of aromatic nitrogens is 2. The van der Waals surface area contributed by atoms with Crippen LogP contribution < -0.4 is 0 Å². The molecule has 0 amide bonds. The molecule has 0 aliphatic rings. The molecular weight excluding hydrogens is 284 g/mol. The highest BCUT2D eigenvalue weighted by molar-refractivity contribution is 7.98. The average molecular weight is 306 g/mol. The van der Waals surface area contributed by atoms with Gasteiger partial charge >= 0.3 is 0 Å². The van der Waals surface area contributed by atoms with E-state index in [0.29, 0.717) is 0 Å². The molecule has 1 heterocycles. The number of nitrogens with zero attached hydrogens (tertiary/aromatic N) is 2. The quantitative estimate of drug-likeness (QED) is 0.548. The zero-order valence-electron chi connectivity index (χ0n) is 12.8. The first kappa shape index (κ1) is 16.1. The number of ether oxygens (including phenoxy) is 2. The minimum Gasteiger partial charge on any atom is -0.352 e. The summed E-state index contributed by atoms with van der Waals surface area (Å²) in [6, 6.07) is 8.30. The molecule has 114 valence electrons. The Morgan fingerprint density at radius 2 is 1.90 bits per heavy atom. The maximum atomic E-state index is 5.25. The highest BCUT2D eigenvalue weighted by atomic mass is 32.2. The molecule has 5 heteroatoms. The zero-order chi connectivity index (χ0) is 15.1. The van der Waals surface area contributed by atoms with Crippen molar-refractivity contribution in [2.45, 2.75) is 36.8 Å². The van der Waals surface area contributed by atoms with Gasteiger partial charge < -0.3 is 14.0 Å². The minimum absolute atomic E-state index is 0.296. The first-order valence-corrected chi connectivity index (χ1v) is 8.04. The largest absolute Gasteiger partial charge is 0.352 e. The van der Waals surface area contributed by atoms with Crippen LogP contribution in [0.5, 0.6) is 0 Å². The monoisotopic (exact) mass is 306 g/mol. The van der Waals surface area contributed by atoms with Gasteiger partial charge in [-0.05, 0) is 18.6 Å². The third-order valence-corrected chi connectivity index (χ3v) is 4.28. The summed E-state index contributed by atoms with van der Waals surface area (Å²) in [7, 11) is 3.29. The summed E-state index contributed by atoms with van der Waals surface area (Å²) < 4.78 is 12.7. The van der Waals surface area contributed by atoms with Gasteiger partial charge in [0.05, 0.1) is 6.33 Å². The van der Waals surface area contributed by atoms with E-state index >= 15 is 0 Å². The van der Waals surface area contributed by atoms with Crippen molar-refractivity contribution in [1.82, 2.24) is 9.55 Å². The lowest BCUT2D eigenvalue weighted by atomic mass is 10.2. The van der Waals surface area contributed by atoms with Gasteiger partial charge in [0.15, 0.2) is 6.29 Å². The zero-order valence-corrected chi connectivity index (χ0v) is 13.6. The summed E-state index contributed by atoms with van der Waals surface area (Å²) in [6.07, 6.45) is 4.68. The molecule has 0 atom stereocenters. The highest BCUT2D eigenvalue weighted by Gasteiger charge is 2.08. The molecule has 21 heavy (non-hydrogen) atoms. The number of hydrogen-bond donors (Lipinski definition) is 0. The van der Waals surface area contributed by atoms with Gasteiger partial charge in [0.25, 0.3) is 0 Å². The molecule has 0 fully saturated rings. The molecule has 0 spiro atoms. The van der Waals surface area contributed by atoms with Crippen LogP contribution in [0.1, 0.15) is 30.9 Å². The van der Waals surface area contributed by atoms with Crippen molar-refractivity contribution in [2.24, 2.45) is 0 Å². The Balaban J connectivity index is 1.96. The molecule has 1 aromatic heterocycles. The first-order chi connectivity index (χ1) is 10.3.